The highest BCUT2D eigenvalue weighted by Gasteiger charge is 2.31. The van der Waals surface area contributed by atoms with Gasteiger partial charge in [0.2, 0.25) is 0 Å². The molecule has 6 heteroatoms. The van der Waals surface area contributed by atoms with E-state index in [-0.39, 0.29) is 29.4 Å². The van der Waals surface area contributed by atoms with E-state index in [2.05, 4.69) is 26.9 Å². The van der Waals surface area contributed by atoms with Crippen LogP contribution in [-0.4, -0.2) is 52.3 Å². The van der Waals surface area contributed by atoms with Crippen LogP contribution in [0, 0.1) is 0 Å². The normalized spacial score (nSPS) is 14.7. The Hall–Kier alpha value is -3.77. The average molecular weight is 526 g/mol. The molecule has 1 aliphatic carbocycles. The smallest absolute Gasteiger partial charge is 0.268 e. The molecule has 4 aromatic rings. The van der Waals surface area contributed by atoms with Gasteiger partial charge in [-0.05, 0) is 68.4 Å². The Kier molecular flexibility index (Phi) is 8.22. The third-order valence-electron chi connectivity index (χ3n) is 7.93. The van der Waals surface area contributed by atoms with Crippen molar-refractivity contribution in [2.24, 2.45) is 0 Å². The van der Waals surface area contributed by atoms with Crippen molar-refractivity contribution >= 4 is 16.8 Å². The maximum absolute atomic E-state index is 14.3. The number of benzene rings is 3. The zero-order valence-electron chi connectivity index (χ0n) is 22.9. The lowest BCUT2D eigenvalue weighted by atomic mass is 9.83. The van der Waals surface area contributed by atoms with Gasteiger partial charge < -0.3 is 25.0 Å². The minimum atomic E-state index is -0.272. The largest absolute Gasteiger partial charge is 0.508 e. The average Bonchev–Trinajstić information content (AvgIpc) is 3.04. The van der Waals surface area contributed by atoms with Crippen LogP contribution in [0.25, 0.3) is 10.9 Å². The molecule has 0 radical (unpaired) electrons. The van der Waals surface area contributed by atoms with Crippen molar-refractivity contribution in [2.45, 2.75) is 57.0 Å². The van der Waals surface area contributed by atoms with Crippen LogP contribution in [0.3, 0.4) is 0 Å². The van der Waals surface area contributed by atoms with Crippen molar-refractivity contribution in [3.8, 4) is 11.5 Å². The summed E-state index contributed by atoms with van der Waals surface area (Å²) in [5.41, 5.74) is 4.61. The van der Waals surface area contributed by atoms with E-state index in [1.54, 1.807) is 24.3 Å². The van der Waals surface area contributed by atoms with E-state index in [1.165, 1.54) is 12.8 Å². The predicted octanol–water partition coefficient (Wildman–Crippen LogP) is 6.25. The van der Waals surface area contributed by atoms with Crippen molar-refractivity contribution in [1.29, 1.82) is 0 Å². The number of amides is 1. The first-order valence-electron chi connectivity index (χ1n) is 14.1. The summed E-state index contributed by atoms with van der Waals surface area (Å²) in [5, 5.41) is 24.6. The van der Waals surface area contributed by atoms with Crippen LogP contribution < -0.4 is 5.32 Å². The van der Waals surface area contributed by atoms with E-state index >= 15 is 0 Å². The van der Waals surface area contributed by atoms with Crippen molar-refractivity contribution in [3.05, 3.63) is 95.2 Å². The lowest BCUT2D eigenvalue weighted by Crippen LogP contribution is -2.36. The molecule has 1 saturated carbocycles. The van der Waals surface area contributed by atoms with E-state index in [0.29, 0.717) is 12.2 Å². The number of aromatic hydroxyl groups is 2. The number of aromatic nitrogens is 1. The van der Waals surface area contributed by atoms with Gasteiger partial charge in [-0.3, -0.25) is 4.79 Å². The first kappa shape index (κ1) is 26.8. The second-order valence-corrected chi connectivity index (χ2v) is 11.0. The maximum Gasteiger partial charge on any atom is 0.268 e. The molecule has 1 fully saturated rings. The Morgan fingerprint density at radius 2 is 1.44 bits per heavy atom. The Morgan fingerprint density at radius 1 is 0.872 bits per heavy atom. The molecule has 39 heavy (non-hydrogen) atoms. The summed E-state index contributed by atoms with van der Waals surface area (Å²) in [6, 6.07) is 22.9. The summed E-state index contributed by atoms with van der Waals surface area (Å²) in [6.45, 7) is 1.48. The fraction of sp³-hybridized carbons (Fsp3) is 0.364. The van der Waals surface area contributed by atoms with Gasteiger partial charge in [0, 0.05) is 41.5 Å². The molecule has 3 N–H and O–H groups in total. The molecule has 0 aliphatic heterocycles. The van der Waals surface area contributed by atoms with E-state index in [9.17, 15) is 15.0 Å². The summed E-state index contributed by atoms with van der Waals surface area (Å²) >= 11 is 0. The molecule has 1 aromatic heterocycles. The number of para-hydroxylation sites is 1. The van der Waals surface area contributed by atoms with Gasteiger partial charge in [0.15, 0.2) is 0 Å². The minimum absolute atomic E-state index is 0.0330. The van der Waals surface area contributed by atoms with Gasteiger partial charge in [0.25, 0.3) is 5.91 Å². The van der Waals surface area contributed by atoms with E-state index in [4.69, 9.17) is 0 Å². The molecule has 204 valence electrons. The van der Waals surface area contributed by atoms with E-state index < -0.39 is 0 Å². The molecular weight excluding hydrogens is 486 g/mol. The number of nitrogens with one attached hydrogen (secondary N) is 1. The summed E-state index contributed by atoms with van der Waals surface area (Å²) < 4.78 is 2.19. The van der Waals surface area contributed by atoms with Crippen LogP contribution in [0.15, 0.2) is 72.8 Å². The van der Waals surface area contributed by atoms with Gasteiger partial charge in [-0.2, -0.15) is 0 Å². The van der Waals surface area contributed by atoms with Crippen LogP contribution in [-0.2, 0) is 6.54 Å². The number of phenolic OH excluding ortho intramolecular Hbond substituents is 2. The van der Waals surface area contributed by atoms with Crippen LogP contribution in [0.2, 0.25) is 0 Å². The Balaban J connectivity index is 1.73. The summed E-state index contributed by atoms with van der Waals surface area (Å²) in [5.74, 6) is 0.0897. The molecule has 3 aromatic carbocycles. The lowest BCUT2D eigenvalue weighted by molar-refractivity contribution is 0.0922. The standard InChI is InChI=1S/C33H39N3O3/c1-35(2)21-22-36-29-12-8-7-11-28(29)31(32(36)33(39)34-25-9-5-3-4-6-10-25)30(23-13-17-26(37)18-14-23)24-15-19-27(38)20-16-24/h7-8,11-20,25,30,37-38H,3-6,9-10,21-22H2,1-2H3,(H,34,39). The highest BCUT2D eigenvalue weighted by molar-refractivity contribution is 6.03. The number of hydrogen-bond donors (Lipinski definition) is 3. The highest BCUT2D eigenvalue weighted by atomic mass is 16.3. The molecule has 0 bridgehead atoms. The minimum Gasteiger partial charge on any atom is -0.508 e. The first-order chi connectivity index (χ1) is 18.9. The number of carbonyl (C=O) groups is 1. The molecule has 6 nitrogen and oxygen atoms in total. The van der Waals surface area contributed by atoms with Crippen molar-refractivity contribution < 1.29 is 15.0 Å². The number of phenols is 2. The summed E-state index contributed by atoms with van der Waals surface area (Å²) in [7, 11) is 4.10. The van der Waals surface area contributed by atoms with Gasteiger partial charge in [-0.1, -0.05) is 68.1 Å². The maximum atomic E-state index is 14.3. The molecule has 0 atom stereocenters. The molecule has 0 spiro atoms. The van der Waals surface area contributed by atoms with Gasteiger partial charge in [-0.15, -0.1) is 0 Å². The zero-order chi connectivity index (χ0) is 27.4. The second kappa shape index (κ2) is 12.0. The molecule has 1 aliphatic rings. The quantitative estimate of drug-likeness (QED) is 0.238. The molecule has 1 amide bonds. The number of rotatable bonds is 8. The first-order valence-corrected chi connectivity index (χ1v) is 14.1. The van der Waals surface area contributed by atoms with E-state index in [0.717, 1.165) is 59.8 Å². The molecule has 1 heterocycles. The second-order valence-electron chi connectivity index (χ2n) is 11.0. The van der Waals surface area contributed by atoms with E-state index in [1.807, 2.05) is 50.5 Å². The Morgan fingerprint density at radius 3 is 2.00 bits per heavy atom. The third-order valence-corrected chi connectivity index (χ3v) is 7.93. The zero-order valence-corrected chi connectivity index (χ0v) is 22.9. The lowest BCUT2D eigenvalue weighted by Gasteiger charge is -2.23. The number of likely N-dealkylation sites (N-methyl/N-ethyl adjacent to an activating group) is 1. The molecule has 0 saturated heterocycles. The predicted molar refractivity (Wildman–Crippen MR) is 157 cm³/mol. The SMILES string of the molecule is CN(C)CCn1c(C(=O)NC2CCCCCC2)c(C(c2ccc(O)cc2)c2ccc(O)cc2)c2ccccc21. The third kappa shape index (κ3) is 5.96. The topological polar surface area (TPSA) is 77.7 Å². The van der Waals surface area contributed by atoms with Crippen molar-refractivity contribution in [1.82, 2.24) is 14.8 Å². The van der Waals surface area contributed by atoms with Crippen molar-refractivity contribution in [3.63, 3.8) is 0 Å². The number of fused-ring (bicyclic) bond motifs is 1. The monoisotopic (exact) mass is 525 g/mol. The summed E-state index contributed by atoms with van der Waals surface area (Å²) in [4.78, 5) is 16.5. The Labute approximate surface area is 230 Å². The Bertz CT molecular complexity index is 1350. The van der Waals surface area contributed by atoms with Crippen LogP contribution >= 0.6 is 0 Å². The fourth-order valence-corrected chi connectivity index (χ4v) is 5.94. The van der Waals surface area contributed by atoms with Gasteiger partial charge in [-0.25, -0.2) is 0 Å². The van der Waals surface area contributed by atoms with Crippen molar-refractivity contribution in [2.75, 3.05) is 20.6 Å². The number of hydrogen-bond acceptors (Lipinski definition) is 4. The van der Waals surface area contributed by atoms with Gasteiger partial charge >= 0.3 is 0 Å². The van der Waals surface area contributed by atoms with Crippen LogP contribution in [0.1, 0.15) is 71.6 Å². The van der Waals surface area contributed by atoms with Gasteiger partial charge in [0.1, 0.15) is 17.2 Å². The molecular formula is C33H39N3O3. The fourth-order valence-electron chi connectivity index (χ4n) is 5.94. The van der Waals surface area contributed by atoms with Gasteiger partial charge in [0.05, 0.1) is 0 Å². The highest BCUT2D eigenvalue weighted by Crippen LogP contribution is 2.41. The van der Waals surface area contributed by atoms with Crippen LogP contribution in [0.4, 0.5) is 0 Å². The van der Waals surface area contributed by atoms with Crippen LogP contribution in [0.5, 0.6) is 11.5 Å². The molecule has 5 rings (SSSR count). The summed E-state index contributed by atoms with van der Waals surface area (Å²) in [6.07, 6.45) is 6.77. The molecule has 0 unspecified atom stereocenters. The number of nitrogens with zero attached hydrogens (tertiary/aromatic N) is 2. The number of carbonyl (C=O) groups excluding carboxylic acids is 1.